The van der Waals surface area contributed by atoms with E-state index < -0.39 is 0 Å². The van der Waals surface area contributed by atoms with E-state index in [0.717, 1.165) is 20.5 Å². The third-order valence-corrected chi connectivity index (χ3v) is 3.99. The van der Waals surface area contributed by atoms with Gasteiger partial charge in [-0.05, 0) is 42.5 Å². The van der Waals surface area contributed by atoms with Gasteiger partial charge in [-0.15, -0.1) is 0 Å². The molecule has 0 aliphatic carbocycles. The fraction of sp³-hybridized carbons (Fsp3) is 0. The second-order valence-corrected chi connectivity index (χ2v) is 5.82. The van der Waals surface area contributed by atoms with Crippen LogP contribution in [0.1, 0.15) is 10.4 Å². The van der Waals surface area contributed by atoms with Crippen LogP contribution >= 0.6 is 39.3 Å². The third kappa shape index (κ3) is 3.35. The van der Waals surface area contributed by atoms with Crippen molar-refractivity contribution in [2.24, 2.45) is 0 Å². The Labute approximate surface area is 117 Å². The maximum atomic E-state index is 10.9. The van der Waals surface area contributed by atoms with Crippen molar-refractivity contribution in [3.05, 3.63) is 57.5 Å². The standard InChI is InChI=1S/C13H8BrClOS/c14-10-2-5-12(6-3-10)17-13-7-11(15)4-1-9(13)8-16/h1-8H. The average molecular weight is 328 g/mol. The van der Waals surface area contributed by atoms with E-state index in [9.17, 15) is 4.79 Å². The summed E-state index contributed by atoms with van der Waals surface area (Å²) >= 11 is 10.8. The molecule has 0 amide bonds. The summed E-state index contributed by atoms with van der Waals surface area (Å²) in [6, 6.07) is 13.2. The lowest BCUT2D eigenvalue weighted by atomic mass is 10.2. The van der Waals surface area contributed by atoms with Gasteiger partial charge < -0.3 is 0 Å². The third-order valence-electron chi connectivity index (χ3n) is 2.14. The largest absolute Gasteiger partial charge is 0.298 e. The highest BCUT2D eigenvalue weighted by Gasteiger charge is 2.04. The van der Waals surface area contributed by atoms with Crippen molar-refractivity contribution in [3.8, 4) is 0 Å². The maximum absolute atomic E-state index is 10.9. The quantitative estimate of drug-likeness (QED) is 0.732. The van der Waals surface area contributed by atoms with Crippen molar-refractivity contribution in [1.82, 2.24) is 0 Å². The van der Waals surface area contributed by atoms with Crippen molar-refractivity contribution in [2.45, 2.75) is 9.79 Å². The molecular weight excluding hydrogens is 320 g/mol. The molecule has 0 aliphatic heterocycles. The van der Waals surface area contributed by atoms with Gasteiger partial charge in [0.15, 0.2) is 6.29 Å². The van der Waals surface area contributed by atoms with Crippen molar-refractivity contribution in [3.63, 3.8) is 0 Å². The first-order valence-corrected chi connectivity index (χ1v) is 6.86. The molecule has 17 heavy (non-hydrogen) atoms. The summed E-state index contributed by atoms with van der Waals surface area (Å²) in [6.45, 7) is 0. The second kappa shape index (κ2) is 5.71. The van der Waals surface area contributed by atoms with Gasteiger partial charge in [0.25, 0.3) is 0 Å². The first-order valence-electron chi connectivity index (χ1n) is 4.87. The zero-order valence-corrected chi connectivity index (χ0v) is 11.8. The van der Waals surface area contributed by atoms with E-state index in [1.165, 1.54) is 11.8 Å². The Morgan fingerprint density at radius 3 is 2.47 bits per heavy atom. The predicted molar refractivity (Wildman–Crippen MR) is 75.1 cm³/mol. The van der Waals surface area contributed by atoms with E-state index in [-0.39, 0.29) is 0 Å². The molecule has 0 aliphatic rings. The molecule has 2 rings (SSSR count). The number of hydrogen-bond acceptors (Lipinski definition) is 2. The van der Waals surface area contributed by atoms with E-state index in [1.807, 2.05) is 24.3 Å². The molecule has 4 heteroatoms. The van der Waals surface area contributed by atoms with Crippen LogP contribution in [0.3, 0.4) is 0 Å². The molecule has 0 bridgehead atoms. The highest BCUT2D eigenvalue weighted by Crippen LogP contribution is 2.32. The highest BCUT2D eigenvalue weighted by atomic mass is 79.9. The van der Waals surface area contributed by atoms with Crippen LogP contribution in [0.5, 0.6) is 0 Å². The first kappa shape index (κ1) is 12.7. The molecule has 0 N–H and O–H groups in total. The van der Waals surface area contributed by atoms with Gasteiger partial charge in [0.05, 0.1) is 0 Å². The molecule has 0 aromatic heterocycles. The number of halogens is 2. The molecule has 86 valence electrons. The highest BCUT2D eigenvalue weighted by molar-refractivity contribution is 9.10. The van der Waals surface area contributed by atoms with Gasteiger partial charge in [0.2, 0.25) is 0 Å². The van der Waals surface area contributed by atoms with E-state index >= 15 is 0 Å². The van der Waals surface area contributed by atoms with E-state index in [2.05, 4.69) is 15.9 Å². The van der Waals surface area contributed by atoms with Crippen molar-refractivity contribution >= 4 is 45.6 Å². The molecule has 0 atom stereocenters. The minimum atomic E-state index is 0.634. The van der Waals surface area contributed by atoms with Crippen LogP contribution in [-0.2, 0) is 0 Å². The number of hydrogen-bond donors (Lipinski definition) is 0. The summed E-state index contributed by atoms with van der Waals surface area (Å²) in [6.07, 6.45) is 0.845. The molecule has 0 saturated carbocycles. The zero-order valence-electron chi connectivity index (χ0n) is 8.69. The van der Waals surface area contributed by atoms with Crippen LogP contribution in [0.2, 0.25) is 5.02 Å². The molecule has 0 radical (unpaired) electrons. The molecule has 0 saturated heterocycles. The van der Waals surface area contributed by atoms with E-state index in [4.69, 9.17) is 11.6 Å². The SMILES string of the molecule is O=Cc1ccc(Cl)cc1Sc1ccc(Br)cc1. The Balaban J connectivity index is 2.31. The smallest absolute Gasteiger partial charge is 0.151 e. The van der Waals surface area contributed by atoms with Crippen LogP contribution in [0.15, 0.2) is 56.7 Å². The van der Waals surface area contributed by atoms with Crippen LogP contribution in [0.4, 0.5) is 0 Å². The summed E-state index contributed by atoms with van der Waals surface area (Å²) in [7, 11) is 0. The fourth-order valence-corrected chi connectivity index (χ4v) is 2.77. The molecule has 0 spiro atoms. The number of aldehydes is 1. The fourth-order valence-electron chi connectivity index (χ4n) is 1.32. The maximum Gasteiger partial charge on any atom is 0.151 e. The van der Waals surface area contributed by atoms with Gasteiger partial charge in [0, 0.05) is 24.8 Å². The van der Waals surface area contributed by atoms with E-state index in [1.54, 1.807) is 18.2 Å². The Hall–Kier alpha value is -0.770. The lowest BCUT2D eigenvalue weighted by molar-refractivity contribution is 0.112. The molecular formula is C13H8BrClOS. The second-order valence-electron chi connectivity index (χ2n) is 3.36. The van der Waals surface area contributed by atoms with Gasteiger partial charge in [-0.2, -0.15) is 0 Å². The van der Waals surface area contributed by atoms with Crippen molar-refractivity contribution < 1.29 is 4.79 Å². The number of benzene rings is 2. The van der Waals surface area contributed by atoms with Crippen LogP contribution in [0.25, 0.3) is 0 Å². The van der Waals surface area contributed by atoms with Gasteiger partial charge in [-0.3, -0.25) is 4.79 Å². The van der Waals surface area contributed by atoms with Crippen molar-refractivity contribution in [2.75, 3.05) is 0 Å². The summed E-state index contributed by atoms with van der Waals surface area (Å²) in [5.74, 6) is 0. The number of carbonyl (C=O) groups excluding carboxylic acids is 1. The molecule has 0 heterocycles. The molecule has 1 nitrogen and oxygen atoms in total. The summed E-state index contributed by atoms with van der Waals surface area (Å²) < 4.78 is 1.03. The Morgan fingerprint density at radius 1 is 1.12 bits per heavy atom. The molecule has 2 aromatic carbocycles. The van der Waals surface area contributed by atoms with Gasteiger partial charge in [0.1, 0.15) is 0 Å². The summed E-state index contributed by atoms with van der Waals surface area (Å²) in [5, 5.41) is 0.634. The molecule has 0 unspecified atom stereocenters. The van der Waals surface area contributed by atoms with Crippen molar-refractivity contribution in [1.29, 1.82) is 0 Å². The zero-order chi connectivity index (χ0) is 12.3. The van der Waals surface area contributed by atoms with Gasteiger partial charge >= 0.3 is 0 Å². The average Bonchev–Trinajstić information content (AvgIpc) is 2.32. The van der Waals surface area contributed by atoms with Gasteiger partial charge in [-0.1, -0.05) is 39.3 Å². The predicted octanol–water partition coefficient (Wildman–Crippen LogP) is 5.07. The van der Waals surface area contributed by atoms with Gasteiger partial charge in [-0.25, -0.2) is 0 Å². The van der Waals surface area contributed by atoms with E-state index in [0.29, 0.717) is 10.6 Å². The van der Waals surface area contributed by atoms with Crippen LogP contribution < -0.4 is 0 Å². The lowest BCUT2D eigenvalue weighted by Gasteiger charge is -2.05. The normalized spacial score (nSPS) is 10.2. The number of rotatable bonds is 3. The molecule has 0 fully saturated rings. The first-order chi connectivity index (χ1) is 8.19. The van der Waals surface area contributed by atoms with Crippen LogP contribution in [-0.4, -0.2) is 6.29 Å². The minimum absolute atomic E-state index is 0.634. The summed E-state index contributed by atoms with van der Waals surface area (Å²) in [4.78, 5) is 12.9. The topological polar surface area (TPSA) is 17.1 Å². The van der Waals surface area contributed by atoms with Crippen LogP contribution in [0, 0.1) is 0 Å². The Morgan fingerprint density at radius 2 is 1.82 bits per heavy atom. The Bertz CT molecular complexity index is 540. The molecule has 2 aromatic rings. The lowest BCUT2D eigenvalue weighted by Crippen LogP contribution is -1.84. The summed E-state index contributed by atoms with van der Waals surface area (Å²) in [5.41, 5.74) is 0.655. The monoisotopic (exact) mass is 326 g/mol. The minimum Gasteiger partial charge on any atom is -0.298 e. The number of carbonyl (C=O) groups is 1. The Kier molecular flexibility index (Phi) is 4.26.